The van der Waals surface area contributed by atoms with Gasteiger partial charge in [0.25, 0.3) is 0 Å². The molecule has 136 valence electrons. The van der Waals surface area contributed by atoms with Crippen molar-refractivity contribution in [3.05, 3.63) is 56.8 Å². The first-order chi connectivity index (χ1) is 12.5. The molecule has 26 heavy (non-hydrogen) atoms. The zero-order valence-corrected chi connectivity index (χ0v) is 17.3. The summed E-state index contributed by atoms with van der Waals surface area (Å²) < 4.78 is 8.78. The molecule has 1 aliphatic rings. The van der Waals surface area contributed by atoms with E-state index in [9.17, 15) is 0 Å². The molecule has 0 N–H and O–H groups in total. The highest BCUT2D eigenvalue weighted by Gasteiger charge is 2.17. The maximum absolute atomic E-state index is 6.31. The third-order valence-corrected chi connectivity index (χ3v) is 6.08. The summed E-state index contributed by atoms with van der Waals surface area (Å²) in [5.41, 5.74) is 5.68. The molecule has 3 aromatic rings. The van der Waals surface area contributed by atoms with Crippen molar-refractivity contribution in [3.63, 3.8) is 0 Å². The topological polar surface area (TPSA) is 30.3 Å². The molecule has 0 saturated carbocycles. The summed E-state index contributed by atoms with van der Waals surface area (Å²) in [5, 5.41) is 0.805. The molecule has 0 aliphatic carbocycles. The quantitative estimate of drug-likeness (QED) is 0.584. The van der Waals surface area contributed by atoms with E-state index < -0.39 is 0 Å². The lowest BCUT2D eigenvalue weighted by Gasteiger charge is -2.29. The number of halogens is 2. The van der Waals surface area contributed by atoms with Crippen LogP contribution in [-0.4, -0.2) is 35.9 Å². The molecule has 0 spiro atoms. The van der Waals surface area contributed by atoms with Gasteiger partial charge in [-0.25, -0.2) is 4.98 Å². The largest absolute Gasteiger partial charge is 0.378 e. The van der Waals surface area contributed by atoms with Gasteiger partial charge < -0.3 is 14.2 Å². The molecule has 0 atom stereocenters. The molecule has 6 heteroatoms. The lowest BCUT2D eigenvalue weighted by atomic mass is 10.1. The predicted octanol–water partition coefficient (Wildman–Crippen LogP) is 4.95. The van der Waals surface area contributed by atoms with Gasteiger partial charge in [0.15, 0.2) is 0 Å². The Bertz CT molecular complexity index is 963. The molecule has 0 amide bonds. The second-order valence-electron chi connectivity index (χ2n) is 6.66. The number of aryl methyl sites for hydroxylation is 1. The van der Waals surface area contributed by atoms with Crippen molar-refractivity contribution in [2.75, 3.05) is 31.2 Å². The van der Waals surface area contributed by atoms with Gasteiger partial charge in [-0.2, -0.15) is 0 Å². The summed E-state index contributed by atoms with van der Waals surface area (Å²) in [5.74, 6) is 0.999. The molecule has 0 radical (unpaired) electrons. The summed E-state index contributed by atoms with van der Waals surface area (Å²) in [6.07, 6.45) is 0. The second kappa shape index (κ2) is 7.22. The number of morpholine rings is 1. The van der Waals surface area contributed by atoms with E-state index >= 15 is 0 Å². The minimum atomic E-state index is 0.758. The Balaban J connectivity index is 1.80. The highest BCUT2D eigenvalue weighted by molar-refractivity contribution is 9.10. The molecule has 4 rings (SSSR count). The third kappa shape index (κ3) is 3.24. The second-order valence-corrected chi connectivity index (χ2v) is 7.93. The monoisotopic (exact) mass is 433 g/mol. The van der Waals surface area contributed by atoms with Crippen LogP contribution in [0.25, 0.3) is 11.0 Å². The van der Waals surface area contributed by atoms with Crippen LogP contribution in [0, 0.1) is 13.8 Å². The Morgan fingerprint density at radius 2 is 1.96 bits per heavy atom. The van der Waals surface area contributed by atoms with Crippen molar-refractivity contribution in [1.82, 2.24) is 9.55 Å². The van der Waals surface area contributed by atoms with E-state index in [1.807, 2.05) is 12.1 Å². The van der Waals surface area contributed by atoms with Crippen LogP contribution in [0.2, 0.25) is 5.02 Å². The minimum Gasteiger partial charge on any atom is -0.378 e. The zero-order chi connectivity index (χ0) is 18.3. The van der Waals surface area contributed by atoms with Gasteiger partial charge in [-0.15, -0.1) is 0 Å². The van der Waals surface area contributed by atoms with Crippen LogP contribution in [-0.2, 0) is 11.3 Å². The number of fused-ring (bicyclic) bond motifs is 1. The van der Waals surface area contributed by atoms with Crippen molar-refractivity contribution in [2.45, 2.75) is 20.4 Å². The van der Waals surface area contributed by atoms with Gasteiger partial charge in [-0.05, 0) is 59.1 Å². The first-order valence-electron chi connectivity index (χ1n) is 8.77. The van der Waals surface area contributed by atoms with Crippen molar-refractivity contribution in [2.24, 2.45) is 0 Å². The number of imidazole rings is 1. The summed E-state index contributed by atoms with van der Waals surface area (Å²) in [7, 11) is 0. The van der Waals surface area contributed by atoms with Gasteiger partial charge in [0.2, 0.25) is 0 Å². The standard InChI is InChI=1S/C20H21BrClN3O/c1-13-15(4-3-5-18(13)22)12-25-14(2)23-20-17(21)10-16(11-19(20)25)24-6-8-26-9-7-24/h3-5,10-11H,6-9,12H2,1-2H3. The Kier molecular flexibility index (Phi) is 4.95. The average Bonchev–Trinajstić information content (AvgIpc) is 2.96. The first kappa shape index (κ1) is 17.8. The van der Waals surface area contributed by atoms with Gasteiger partial charge in [-0.1, -0.05) is 23.7 Å². The van der Waals surface area contributed by atoms with E-state index in [4.69, 9.17) is 21.3 Å². The van der Waals surface area contributed by atoms with E-state index in [-0.39, 0.29) is 0 Å². The number of ether oxygens (including phenoxy) is 1. The molecular formula is C20H21BrClN3O. The van der Waals surface area contributed by atoms with Gasteiger partial charge in [0, 0.05) is 34.8 Å². The van der Waals surface area contributed by atoms with E-state index in [0.29, 0.717) is 0 Å². The Labute approximate surface area is 166 Å². The predicted molar refractivity (Wildman–Crippen MR) is 110 cm³/mol. The summed E-state index contributed by atoms with van der Waals surface area (Å²) in [4.78, 5) is 7.15. The van der Waals surface area contributed by atoms with Gasteiger partial charge in [0.1, 0.15) is 11.3 Å². The van der Waals surface area contributed by atoms with Crippen LogP contribution in [0.4, 0.5) is 5.69 Å². The number of nitrogens with zero attached hydrogens (tertiary/aromatic N) is 3. The first-order valence-corrected chi connectivity index (χ1v) is 9.95. The highest BCUT2D eigenvalue weighted by atomic mass is 79.9. The van der Waals surface area contributed by atoms with Crippen molar-refractivity contribution in [1.29, 1.82) is 0 Å². The van der Waals surface area contributed by atoms with E-state index in [2.05, 4.69) is 57.4 Å². The molecule has 1 aliphatic heterocycles. The number of aromatic nitrogens is 2. The van der Waals surface area contributed by atoms with Crippen LogP contribution in [0.5, 0.6) is 0 Å². The normalized spacial score (nSPS) is 15.0. The third-order valence-electron chi connectivity index (χ3n) is 5.07. The van der Waals surface area contributed by atoms with Crippen molar-refractivity contribution < 1.29 is 4.74 Å². The number of rotatable bonds is 3. The number of benzene rings is 2. The number of hydrogen-bond acceptors (Lipinski definition) is 3. The van der Waals surface area contributed by atoms with E-state index in [1.165, 1.54) is 11.3 Å². The molecule has 1 saturated heterocycles. The molecule has 4 nitrogen and oxygen atoms in total. The van der Waals surface area contributed by atoms with E-state index in [0.717, 1.165) is 64.8 Å². The Hall–Kier alpha value is -1.56. The fraction of sp³-hybridized carbons (Fsp3) is 0.350. The molecular weight excluding hydrogens is 414 g/mol. The number of anilines is 1. The van der Waals surface area contributed by atoms with Crippen LogP contribution in [0.3, 0.4) is 0 Å². The van der Waals surface area contributed by atoms with Crippen LogP contribution in [0.1, 0.15) is 17.0 Å². The Morgan fingerprint density at radius 3 is 2.73 bits per heavy atom. The zero-order valence-electron chi connectivity index (χ0n) is 14.9. The SMILES string of the molecule is Cc1c(Cl)cccc1Cn1c(C)nc2c(Br)cc(N3CCOCC3)cc21. The minimum absolute atomic E-state index is 0.758. The lowest BCUT2D eigenvalue weighted by molar-refractivity contribution is 0.122. The van der Waals surface area contributed by atoms with E-state index in [1.54, 1.807) is 0 Å². The maximum atomic E-state index is 6.31. The molecule has 1 aromatic heterocycles. The number of hydrogen-bond donors (Lipinski definition) is 0. The fourth-order valence-corrected chi connectivity index (χ4v) is 4.20. The Morgan fingerprint density at radius 1 is 1.19 bits per heavy atom. The lowest BCUT2D eigenvalue weighted by Crippen LogP contribution is -2.36. The smallest absolute Gasteiger partial charge is 0.107 e. The molecule has 2 heterocycles. The van der Waals surface area contributed by atoms with Crippen LogP contribution >= 0.6 is 27.5 Å². The molecule has 1 fully saturated rings. The molecule has 0 bridgehead atoms. The van der Waals surface area contributed by atoms with Crippen molar-refractivity contribution >= 4 is 44.3 Å². The van der Waals surface area contributed by atoms with Crippen LogP contribution in [0.15, 0.2) is 34.8 Å². The maximum Gasteiger partial charge on any atom is 0.107 e. The summed E-state index contributed by atoms with van der Waals surface area (Å²) in [6.45, 7) is 8.26. The van der Waals surface area contributed by atoms with Crippen LogP contribution < -0.4 is 4.90 Å². The summed E-state index contributed by atoms with van der Waals surface area (Å²) in [6, 6.07) is 10.5. The summed E-state index contributed by atoms with van der Waals surface area (Å²) >= 11 is 10.0. The molecule has 0 unspecified atom stereocenters. The van der Waals surface area contributed by atoms with Gasteiger partial charge in [-0.3, -0.25) is 0 Å². The van der Waals surface area contributed by atoms with Gasteiger partial charge >= 0.3 is 0 Å². The fourth-order valence-electron chi connectivity index (χ4n) is 3.48. The van der Waals surface area contributed by atoms with Crippen molar-refractivity contribution in [3.8, 4) is 0 Å². The molecule has 2 aromatic carbocycles. The van der Waals surface area contributed by atoms with Gasteiger partial charge in [0.05, 0.1) is 18.7 Å². The average molecular weight is 435 g/mol. The highest BCUT2D eigenvalue weighted by Crippen LogP contribution is 2.32.